The van der Waals surface area contributed by atoms with Crippen LogP contribution in [0.2, 0.25) is 0 Å². The molecule has 0 bridgehead atoms. The Morgan fingerprint density at radius 2 is 2.00 bits per heavy atom. The zero-order chi connectivity index (χ0) is 15.9. The molecule has 1 aliphatic heterocycles. The van der Waals surface area contributed by atoms with Crippen molar-refractivity contribution in [2.24, 2.45) is 5.92 Å². The molecular weight excluding hydrogens is 359 g/mol. The van der Waals surface area contributed by atoms with Gasteiger partial charge in [0.05, 0.1) is 6.33 Å². The summed E-state index contributed by atoms with van der Waals surface area (Å²) in [5.41, 5.74) is 2.36. The number of nitrogens with zero attached hydrogens (tertiary/aromatic N) is 2. The lowest BCUT2D eigenvalue weighted by Gasteiger charge is -2.09. The largest absolute Gasteiger partial charge is 0.352 e. The minimum atomic E-state index is 0. The van der Waals surface area contributed by atoms with E-state index in [1.165, 1.54) is 12.0 Å². The van der Waals surface area contributed by atoms with Crippen LogP contribution in [-0.2, 0) is 17.9 Å². The zero-order valence-electron chi connectivity index (χ0n) is 14.2. The van der Waals surface area contributed by atoms with Gasteiger partial charge in [0.25, 0.3) is 0 Å². The van der Waals surface area contributed by atoms with Crippen LogP contribution in [-0.4, -0.2) is 28.5 Å². The molecular formula is C18H26Cl2N4O. The molecule has 1 atom stereocenters. The first-order chi connectivity index (χ1) is 11.3. The van der Waals surface area contributed by atoms with E-state index in [9.17, 15) is 4.79 Å². The van der Waals surface area contributed by atoms with Gasteiger partial charge in [0.15, 0.2) is 0 Å². The molecule has 1 aromatic carbocycles. The van der Waals surface area contributed by atoms with E-state index in [0.717, 1.165) is 31.6 Å². The second-order valence-corrected chi connectivity index (χ2v) is 6.23. The van der Waals surface area contributed by atoms with Crippen LogP contribution in [0.15, 0.2) is 43.0 Å². The second kappa shape index (κ2) is 11.1. The van der Waals surface area contributed by atoms with Gasteiger partial charge in [-0.3, -0.25) is 4.79 Å². The summed E-state index contributed by atoms with van der Waals surface area (Å²) in [6.45, 7) is 3.58. The molecule has 0 saturated carbocycles. The standard InChI is InChI=1S/C18H24N4O.2ClH/c23-18(6-5-16-7-8-19-11-16)21-12-15-1-3-17(4-2-15)13-22-10-9-20-14-22;;/h1-4,9-10,14,16,19H,5-8,11-13H2,(H,21,23);2*1H. The van der Waals surface area contributed by atoms with E-state index in [0.29, 0.717) is 18.9 Å². The highest BCUT2D eigenvalue weighted by atomic mass is 35.5. The molecule has 0 radical (unpaired) electrons. The van der Waals surface area contributed by atoms with Gasteiger partial charge in [-0.2, -0.15) is 0 Å². The first-order valence-corrected chi connectivity index (χ1v) is 8.30. The molecule has 1 saturated heterocycles. The summed E-state index contributed by atoms with van der Waals surface area (Å²) >= 11 is 0. The van der Waals surface area contributed by atoms with Gasteiger partial charge in [0.2, 0.25) is 5.91 Å². The van der Waals surface area contributed by atoms with E-state index in [1.807, 2.05) is 17.1 Å². The predicted octanol–water partition coefficient (Wildman–Crippen LogP) is 2.78. The number of hydrogen-bond acceptors (Lipinski definition) is 3. The Kier molecular flexibility index (Phi) is 9.57. The van der Waals surface area contributed by atoms with Crippen molar-refractivity contribution in [2.75, 3.05) is 13.1 Å². The number of aromatic nitrogens is 2. The molecule has 1 aromatic heterocycles. The van der Waals surface area contributed by atoms with Gasteiger partial charge in [-0.25, -0.2) is 4.98 Å². The highest BCUT2D eigenvalue weighted by Crippen LogP contribution is 2.14. The first kappa shape index (κ1) is 21.5. The fraction of sp³-hybridized carbons (Fsp3) is 0.444. The number of imidazole rings is 1. The summed E-state index contributed by atoms with van der Waals surface area (Å²) < 4.78 is 2.04. The molecule has 1 amide bonds. The summed E-state index contributed by atoms with van der Waals surface area (Å²) in [6, 6.07) is 8.36. The van der Waals surface area contributed by atoms with Crippen molar-refractivity contribution in [1.29, 1.82) is 0 Å². The van der Waals surface area contributed by atoms with Gasteiger partial charge in [0, 0.05) is 31.9 Å². The zero-order valence-corrected chi connectivity index (χ0v) is 15.8. The van der Waals surface area contributed by atoms with Crippen LogP contribution >= 0.6 is 24.8 Å². The Balaban J connectivity index is 0.00000156. The molecule has 7 heteroatoms. The van der Waals surface area contributed by atoms with E-state index in [4.69, 9.17) is 0 Å². The number of rotatable bonds is 7. The van der Waals surface area contributed by atoms with Crippen molar-refractivity contribution in [3.8, 4) is 0 Å². The molecule has 1 unspecified atom stereocenters. The van der Waals surface area contributed by atoms with Gasteiger partial charge in [-0.15, -0.1) is 24.8 Å². The van der Waals surface area contributed by atoms with Crippen LogP contribution in [0, 0.1) is 5.92 Å². The average molecular weight is 385 g/mol. The fourth-order valence-electron chi connectivity index (χ4n) is 2.94. The van der Waals surface area contributed by atoms with Crippen molar-refractivity contribution in [1.82, 2.24) is 20.2 Å². The van der Waals surface area contributed by atoms with E-state index < -0.39 is 0 Å². The third-order valence-corrected chi connectivity index (χ3v) is 4.38. The topological polar surface area (TPSA) is 59.0 Å². The number of carbonyl (C=O) groups excluding carboxylic acids is 1. The van der Waals surface area contributed by atoms with Crippen LogP contribution in [0.25, 0.3) is 0 Å². The Morgan fingerprint density at radius 1 is 1.24 bits per heavy atom. The van der Waals surface area contributed by atoms with E-state index in [2.05, 4.69) is 39.9 Å². The molecule has 25 heavy (non-hydrogen) atoms. The third-order valence-electron chi connectivity index (χ3n) is 4.38. The highest BCUT2D eigenvalue weighted by Gasteiger charge is 2.15. The van der Waals surface area contributed by atoms with Gasteiger partial charge >= 0.3 is 0 Å². The number of carbonyl (C=O) groups is 1. The maximum absolute atomic E-state index is 11.9. The average Bonchev–Trinajstić information content (AvgIpc) is 3.26. The van der Waals surface area contributed by atoms with Crippen LogP contribution in [0.4, 0.5) is 0 Å². The summed E-state index contributed by atoms with van der Waals surface area (Å²) in [4.78, 5) is 16.0. The molecule has 2 heterocycles. The van der Waals surface area contributed by atoms with E-state index in [1.54, 1.807) is 6.20 Å². The third kappa shape index (κ3) is 7.06. The molecule has 138 valence electrons. The SMILES string of the molecule is Cl.Cl.O=C(CCC1CCNC1)NCc1ccc(Cn2ccnc2)cc1. The second-order valence-electron chi connectivity index (χ2n) is 6.23. The molecule has 2 aromatic rings. The van der Waals surface area contributed by atoms with E-state index >= 15 is 0 Å². The summed E-state index contributed by atoms with van der Waals surface area (Å²) in [5, 5.41) is 6.35. The normalized spacial score (nSPS) is 15.9. The molecule has 0 spiro atoms. The van der Waals surface area contributed by atoms with Gasteiger partial charge in [0.1, 0.15) is 0 Å². The fourth-order valence-corrected chi connectivity index (χ4v) is 2.94. The maximum Gasteiger partial charge on any atom is 0.220 e. The molecule has 0 aliphatic carbocycles. The number of halogens is 2. The van der Waals surface area contributed by atoms with Crippen molar-refractivity contribution < 1.29 is 4.79 Å². The first-order valence-electron chi connectivity index (χ1n) is 8.30. The molecule has 2 N–H and O–H groups in total. The van der Waals surface area contributed by atoms with Gasteiger partial charge < -0.3 is 15.2 Å². The van der Waals surface area contributed by atoms with Crippen LogP contribution in [0.3, 0.4) is 0 Å². The lowest BCUT2D eigenvalue weighted by Crippen LogP contribution is -2.23. The van der Waals surface area contributed by atoms with Crippen LogP contribution < -0.4 is 10.6 Å². The summed E-state index contributed by atoms with van der Waals surface area (Å²) in [5.74, 6) is 0.822. The molecule has 1 fully saturated rings. The van der Waals surface area contributed by atoms with Crippen molar-refractivity contribution >= 4 is 30.7 Å². The quantitative estimate of drug-likeness (QED) is 0.771. The predicted molar refractivity (Wildman–Crippen MR) is 104 cm³/mol. The number of nitrogens with one attached hydrogen (secondary N) is 2. The lowest BCUT2D eigenvalue weighted by atomic mass is 10.0. The van der Waals surface area contributed by atoms with Gasteiger partial charge in [-0.05, 0) is 43.0 Å². The summed E-state index contributed by atoms with van der Waals surface area (Å²) in [7, 11) is 0. The highest BCUT2D eigenvalue weighted by molar-refractivity contribution is 5.85. The molecule has 5 nitrogen and oxygen atoms in total. The maximum atomic E-state index is 11.9. The lowest BCUT2D eigenvalue weighted by molar-refractivity contribution is -0.121. The Morgan fingerprint density at radius 3 is 2.64 bits per heavy atom. The number of amides is 1. The summed E-state index contributed by atoms with van der Waals surface area (Å²) in [6.07, 6.45) is 8.37. The van der Waals surface area contributed by atoms with Crippen molar-refractivity contribution in [3.63, 3.8) is 0 Å². The van der Waals surface area contributed by atoms with Crippen molar-refractivity contribution in [3.05, 3.63) is 54.1 Å². The van der Waals surface area contributed by atoms with Gasteiger partial charge in [-0.1, -0.05) is 24.3 Å². The smallest absolute Gasteiger partial charge is 0.220 e. The number of benzene rings is 1. The van der Waals surface area contributed by atoms with Crippen LogP contribution in [0.5, 0.6) is 0 Å². The number of hydrogen-bond donors (Lipinski definition) is 2. The minimum absolute atomic E-state index is 0. The van der Waals surface area contributed by atoms with E-state index in [-0.39, 0.29) is 30.7 Å². The Hall–Kier alpha value is -1.56. The Labute approximate surface area is 161 Å². The van der Waals surface area contributed by atoms with Crippen molar-refractivity contribution in [2.45, 2.75) is 32.4 Å². The molecule has 1 aliphatic rings. The van der Waals surface area contributed by atoms with Crippen LogP contribution in [0.1, 0.15) is 30.4 Å². The molecule has 3 rings (SSSR count). The Bertz CT molecular complexity index is 611. The minimum Gasteiger partial charge on any atom is -0.352 e. The monoisotopic (exact) mass is 384 g/mol.